The largest absolute Gasteiger partial charge is 0.348 e. The number of quaternary nitrogens is 1. The molecule has 1 fully saturated rings. The predicted octanol–water partition coefficient (Wildman–Crippen LogP) is 4.29. The summed E-state index contributed by atoms with van der Waals surface area (Å²) < 4.78 is 41.0. The monoisotopic (exact) mass is 556 g/mol. The number of amides is 2. The highest BCUT2D eigenvalue weighted by atomic mass is 35.5. The molecule has 3 aromatic carbocycles. The van der Waals surface area contributed by atoms with Crippen LogP contribution in [0.2, 0.25) is 5.02 Å². The molecule has 0 aliphatic carbocycles. The summed E-state index contributed by atoms with van der Waals surface area (Å²) in [6.07, 6.45) is 1.22. The lowest BCUT2D eigenvalue weighted by Crippen LogP contribution is -2.59. The molecule has 0 bridgehead atoms. The fourth-order valence-electron chi connectivity index (χ4n) is 5.72. The van der Waals surface area contributed by atoms with E-state index in [9.17, 15) is 22.4 Å². The van der Waals surface area contributed by atoms with E-state index in [4.69, 9.17) is 11.6 Å². The lowest BCUT2D eigenvalue weighted by Gasteiger charge is -2.35. The third kappa shape index (κ3) is 4.23. The van der Waals surface area contributed by atoms with Gasteiger partial charge in [-0.25, -0.2) is 9.18 Å². The van der Waals surface area contributed by atoms with E-state index in [1.54, 1.807) is 24.3 Å². The number of piperidine rings is 1. The number of carbonyl (C=O) groups is 2. The summed E-state index contributed by atoms with van der Waals surface area (Å²) in [4.78, 5) is 26.4. The van der Waals surface area contributed by atoms with Crippen LogP contribution in [0.3, 0.4) is 0 Å². The van der Waals surface area contributed by atoms with Gasteiger partial charge in [-0.2, -0.15) is 8.42 Å². The van der Waals surface area contributed by atoms with Gasteiger partial charge in [0, 0.05) is 28.8 Å². The first kappa shape index (κ1) is 26.5. The number of rotatable bonds is 5. The third-order valence-electron chi connectivity index (χ3n) is 7.73. The Bertz CT molecular complexity index is 1520. The van der Waals surface area contributed by atoms with Gasteiger partial charge in [0.1, 0.15) is 17.3 Å². The standard InChI is InChI=1S/C28H27ClFN3O4S/c1-19(34)33(38(36,37)23-9-7-22(30)8-10-23)18-28(12-14-31-15-13-28)24-16-20(6-11-26(24)33)27(35)32-17-21-4-2-3-5-25(21)29/h2-11,16,31H,12-15,17-18H2,1H3/p+1. The molecule has 7 nitrogen and oxygen atoms in total. The van der Waals surface area contributed by atoms with Crippen molar-refractivity contribution in [2.45, 2.75) is 36.6 Å². The van der Waals surface area contributed by atoms with E-state index in [-0.39, 0.29) is 23.9 Å². The average Bonchev–Trinajstić information content (AvgIpc) is 3.19. The van der Waals surface area contributed by atoms with Crippen molar-refractivity contribution in [2.75, 3.05) is 19.6 Å². The number of benzene rings is 3. The Morgan fingerprint density at radius 1 is 1.05 bits per heavy atom. The van der Waals surface area contributed by atoms with Crippen LogP contribution in [0, 0.1) is 5.82 Å². The molecule has 198 valence electrons. The van der Waals surface area contributed by atoms with Crippen molar-refractivity contribution >= 4 is 39.1 Å². The molecule has 1 unspecified atom stereocenters. The summed E-state index contributed by atoms with van der Waals surface area (Å²) in [5.74, 6) is -1.45. The summed E-state index contributed by atoms with van der Waals surface area (Å²) >= 11 is 6.22. The summed E-state index contributed by atoms with van der Waals surface area (Å²) in [5.41, 5.74) is 1.54. The Kier molecular flexibility index (Phi) is 6.89. The van der Waals surface area contributed by atoms with Crippen LogP contribution in [-0.2, 0) is 26.8 Å². The molecule has 0 saturated carbocycles. The molecule has 2 amide bonds. The molecule has 1 atom stereocenters. The zero-order valence-electron chi connectivity index (χ0n) is 20.8. The number of carbonyl (C=O) groups excluding carboxylic acids is 2. The molecular weight excluding hydrogens is 529 g/mol. The molecule has 2 heterocycles. The number of sulfonamides is 1. The lowest BCUT2D eigenvalue weighted by molar-refractivity contribution is -0.124. The van der Waals surface area contributed by atoms with E-state index >= 15 is 0 Å². The Balaban J connectivity index is 1.60. The molecule has 0 aromatic heterocycles. The molecule has 5 rings (SSSR count). The van der Waals surface area contributed by atoms with Crippen LogP contribution in [0.4, 0.5) is 10.1 Å². The van der Waals surface area contributed by atoms with E-state index < -0.39 is 31.1 Å². The van der Waals surface area contributed by atoms with E-state index in [0.717, 1.165) is 17.7 Å². The maximum absolute atomic E-state index is 14.1. The number of hydrogen-bond donors (Lipinski definition) is 2. The van der Waals surface area contributed by atoms with E-state index in [2.05, 4.69) is 10.6 Å². The van der Waals surface area contributed by atoms with Gasteiger partial charge in [0.2, 0.25) is 0 Å². The molecule has 0 radical (unpaired) electrons. The molecule has 10 heteroatoms. The number of nitrogens with one attached hydrogen (secondary N) is 2. The van der Waals surface area contributed by atoms with E-state index in [1.165, 1.54) is 19.1 Å². The highest BCUT2D eigenvalue weighted by Crippen LogP contribution is 2.53. The summed E-state index contributed by atoms with van der Waals surface area (Å²) in [6.45, 7) is 2.82. The van der Waals surface area contributed by atoms with Gasteiger partial charge in [-0.1, -0.05) is 29.8 Å². The highest BCUT2D eigenvalue weighted by Gasteiger charge is 2.63. The summed E-state index contributed by atoms with van der Waals surface area (Å²) in [7, 11) is -4.30. The first-order valence-corrected chi connectivity index (χ1v) is 14.2. The quantitative estimate of drug-likeness (QED) is 0.458. The Labute approximate surface area is 226 Å². The predicted molar refractivity (Wildman–Crippen MR) is 144 cm³/mol. The van der Waals surface area contributed by atoms with Crippen LogP contribution < -0.4 is 14.5 Å². The fourth-order valence-corrected chi connectivity index (χ4v) is 7.93. The Hall–Kier alpha value is -3.11. The maximum Gasteiger partial charge on any atom is 0.339 e. The summed E-state index contributed by atoms with van der Waals surface area (Å²) in [6, 6.07) is 16.6. The molecule has 1 saturated heterocycles. The van der Waals surface area contributed by atoms with Crippen molar-refractivity contribution < 1.29 is 22.4 Å². The zero-order valence-corrected chi connectivity index (χ0v) is 22.4. The normalized spacial score (nSPS) is 20.2. The number of nitrogens with zero attached hydrogens (tertiary/aromatic N) is 1. The van der Waals surface area contributed by atoms with Gasteiger partial charge in [0.05, 0.1) is 12.3 Å². The van der Waals surface area contributed by atoms with E-state index in [1.807, 2.05) is 18.2 Å². The van der Waals surface area contributed by atoms with Crippen LogP contribution in [-0.4, -0.2) is 39.9 Å². The Morgan fingerprint density at radius 3 is 2.39 bits per heavy atom. The minimum atomic E-state index is -4.30. The van der Waals surface area contributed by atoms with Gasteiger partial charge < -0.3 is 10.6 Å². The molecule has 3 aromatic rings. The van der Waals surface area contributed by atoms with Crippen molar-refractivity contribution in [3.8, 4) is 0 Å². The van der Waals surface area contributed by atoms with Crippen molar-refractivity contribution in [2.24, 2.45) is 0 Å². The van der Waals surface area contributed by atoms with Crippen LogP contribution in [0.1, 0.15) is 41.3 Å². The van der Waals surface area contributed by atoms with Gasteiger partial charge in [-0.05, 0) is 74.0 Å². The maximum atomic E-state index is 14.1. The third-order valence-corrected chi connectivity index (χ3v) is 10.4. The number of fused-ring (bicyclic) bond motifs is 2. The first-order chi connectivity index (χ1) is 18.1. The second-order valence-corrected chi connectivity index (χ2v) is 12.3. The van der Waals surface area contributed by atoms with E-state index in [0.29, 0.717) is 47.8 Å². The smallest absolute Gasteiger partial charge is 0.339 e. The van der Waals surface area contributed by atoms with Crippen molar-refractivity contribution in [3.63, 3.8) is 0 Å². The van der Waals surface area contributed by atoms with Gasteiger partial charge >= 0.3 is 15.9 Å². The molecular formula is C28H28ClFN3O4S+. The highest BCUT2D eigenvalue weighted by molar-refractivity contribution is 7.91. The number of halogens is 2. The summed E-state index contributed by atoms with van der Waals surface area (Å²) in [5, 5.41) is 6.73. The second kappa shape index (κ2) is 9.89. The SMILES string of the molecule is CC(=O)[N+]1(S(=O)(=O)c2ccc(F)cc2)CC2(CCNCC2)c2cc(C(=O)NCc3ccccc3Cl)ccc21. The van der Waals surface area contributed by atoms with Gasteiger partial charge in [-0.3, -0.25) is 4.79 Å². The minimum absolute atomic E-state index is 0.0176. The van der Waals surface area contributed by atoms with Crippen LogP contribution in [0.15, 0.2) is 71.6 Å². The van der Waals surface area contributed by atoms with Crippen LogP contribution in [0.5, 0.6) is 0 Å². The average molecular weight is 557 g/mol. The van der Waals surface area contributed by atoms with Crippen molar-refractivity contribution in [3.05, 3.63) is 94.3 Å². The Morgan fingerprint density at radius 2 is 1.74 bits per heavy atom. The molecule has 38 heavy (non-hydrogen) atoms. The van der Waals surface area contributed by atoms with Crippen LogP contribution in [0.25, 0.3) is 0 Å². The zero-order chi connectivity index (χ0) is 27.1. The first-order valence-electron chi connectivity index (χ1n) is 12.4. The van der Waals surface area contributed by atoms with Gasteiger partial charge in [0.25, 0.3) is 5.91 Å². The van der Waals surface area contributed by atoms with Gasteiger partial charge in [0.15, 0.2) is 5.69 Å². The minimum Gasteiger partial charge on any atom is -0.348 e. The van der Waals surface area contributed by atoms with Crippen LogP contribution >= 0.6 is 11.6 Å². The number of hydrogen-bond acceptors (Lipinski definition) is 5. The lowest BCUT2D eigenvalue weighted by atomic mass is 9.74. The topological polar surface area (TPSA) is 92.3 Å². The fraction of sp³-hybridized carbons (Fsp3) is 0.286. The second-order valence-electron chi connectivity index (χ2n) is 9.88. The van der Waals surface area contributed by atoms with Gasteiger partial charge in [-0.15, -0.1) is 3.89 Å². The van der Waals surface area contributed by atoms with Crippen molar-refractivity contribution in [1.82, 2.24) is 14.5 Å². The molecule has 1 spiro atoms. The molecule has 2 N–H and O–H groups in total. The molecule has 2 aliphatic heterocycles. The molecule has 2 aliphatic rings. The van der Waals surface area contributed by atoms with Crippen molar-refractivity contribution in [1.29, 1.82) is 0 Å².